The number of aliphatic hydroxyl groups excluding tert-OH is 1. The largest absolute Gasteiger partial charge is 0.390 e. The molecule has 5 heterocycles. The Kier molecular flexibility index (Phi) is 9.18. The van der Waals surface area contributed by atoms with E-state index < -0.39 is 23.8 Å². The molecule has 0 spiro atoms. The Bertz CT molecular complexity index is 2050. The second kappa shape index (κ2) is 14.0. The molecule has 0 bridgehead atoms. The van der Waals surface area contributed by atoms with Crippen molar-refractivity contribution in [2.24, 2.45) is 0 Å². The maximum atomic E-state index is 14.5. The molecule has 49 heavy (non-hydrogen) atoms. The molecular weight excluding hydrogens is 633 g/mol. The zero-order valence-corrected chi connectivity index (χ0v) is 26.3. The number of fused-ring (bicyclic) bond motifs is 1. The number of aliphatic hydroxyl groups is 1. The molecule has 10 nitrogen and oxygen atoms in total. The number of piperidine rings is 1. The summed E-state index contributed by atoms with van der Waals surface area (Å²) in [6.45, 7) is 1.57. The lowest BCUT2D eigenvalue weighted by Crippen LogP contribution is -2.47. The summed E-state index contributed by atoms with van der Waals surface area (Å²) in [6.07, 6.45) is 8.46. The van der Waals surface area contributed by atoms with Crippen molar-refractivity contribution in [3.63, 3.8) is 0 Å². The first-order chi connectivity index (χ1) is 23.8. The second-order valence-corrected chi connectivity index (χ2v) is 12.2. The highest BCUT2D eigenvalue weighted by molar-refractivity contribution is 5.96. The third kappa shape index (κ3) is 7.08. The van der Waals surface area contributed by atoms with Crippen LogP contribution in [0.4, 0.5) is 13.2 Å². The number of benzene rings is 2. The molecule has 1 saturated heterocycles. The monoisotopic (exact) mass is 666 g/mol. The average Bonchev–Trinajstić information content (AvgIpc) is 3.78. The lowest BCUT2D eigenvalue weighted by molar-refractivity contribution is 0.0510. The van der Waals surface area contributed by atoms with Crippen LogP contribution in [-0.4, -0.2) is 77.1 Å². The molecule has 1 aliphatic heterocycles. The average molecular weight is 667 g/mol. The van der Waals surface area contributed by atoms with Gasteiger partial charge in [-0.2, -0.15) is 10.2 Å². The molecule has 13 heteroatoms. The van der Waals surface area contributed by atoms with Crippen molar-refractivity contribution in [1.82, 2.24) is 39.6 Å². The van der Waals surface area contributed by atoms with Crippen LogP contribution in [0.25, 0.3) is 27.9 Å². The Morgan fingerprint density at radius 3 is 2.39 bits per heavy atom. The number of rotatable bonds is 10. The number of likely N-dealkylation sites (tertiary alicyclic amines) is 1. The third-order valence-electron chi connectivity index (χ3n) is 9.01. The highest BCUT2D eigenvalue weighted by Gasteiger charge is 2.29. The first-order valence-electron chi connectivity index (χ1n) is 16.0. The maximum Gasteiger partial charge on any atom is 0.253 e. The van der Waals surface area contributed by atoms with Crippen LogP contribution in [-0.2, 0) is 6.42 Å². The predicted octanol–water partition coefficient (Wildman–Crippen LogP) is 5.11. The highest BCUT2D eigenvalue weighted by atomic mass is 19.1. The summed E-state index contributed by atoms with van der Waals surface area (Å²) in [6, 6.07) is 16.3. The maximum absolute atomic E-state index is 14.5. The summed E-state index contributed by atoms with van der Waals surface area (Å²) in [5, 5.41) is 23.3. The third-order valence-corrected chi connectivity index (χ3v) is 9.01. The second-order valence-electron chi connectivity index (χ2n) is 12.2. The predicted molar refractivity (Wildman–Crippen MR) is 176 cm³/mol. The summed E-state index contributed by atoms with van der Waals surface area (Å²) in [7, 11) is 0. The molecule has 0 radical (unpaired) electrons. The quantitative estimate of drug-likeness (QED) is 0.209. The van der Waals surface area contributed by atoms with Gasteiger partial charge in [-0.25, -0.2) is 27.4 Å². The van der Waals surface area contributed by atoms with Crippen LogP contribution < -0.4 is 5.32 Å². The topological polar surface area (TPSA) is 113 Å². The van der Waals surface area contributed by atoms with Gasteiger partial charge >= 0.3 is 0 Å². The molecule has 4 aromatic heterocycles. The van der Waals surface area contributed by atoms with Gasteiger partial charge in [0.2, 0.25) is 0 Å². The fraction of sp³-hybridized carbons (Fsp3) is 0.250. The van der Waals surface area contributed by atoms with Gasteiger partial charge in [0.15, 0.2) is 0 Å². The Morgan fingerprint density at radius 2 is 1.67 bits per heavy atom. The number of amides is 1. The Hall–Kier alpha value is -5.40. The van der Waals surface area contributed by atoms with Crippen molar-refractivity contribution >= 4 is 11.4 Å². The van der Waals surface area contributed by atoms with Crippen LogP contribution in [0.5, 0.6) is 0 Å². The molecule has 2 aromatic carbocycles. The number of halogens is 3. The van der Waals surface area contributed by atoms with Gasteiger partial charge in [-0.05, 0) is 78.6 Å². The molecule has 2 atom stereocenters. The van der Waals surface area contributed by atoms with Crippen molar-refractivity contribution in [2.75, 3.05) is 19.6 Å². The number of pyridine rings is 2. The first-order valence-corrected chi connectivity index (χ1v) is 16.0. The number of nitrogens with zero attached hydrogens (tertiary/aromatic N) is 7. The van der Waals surface area contributed by atoms with Crippen LogP contribution in [0.1, 0.15) is 34.8 Å². The minimum Gasteiger partial charge on any atom is -0.390 e. The van der Waals surface area contributed by atoms with E-state index in [4.69, 9.17) is 5.10 Å². The number of hydrogen-bond acceptors (Lipinski definition) is 7. The Balaban J connectivity index is 1.01. The Morgan fingerprint density at radius 1 is 0.918 bits per heavy atom. The molecule has 1 fully saturated rings. The molecule has 2 N–H and O–H groups in total. The van der Waals surface area contributed by atoms with E-state index in [2.05, 4.69) is 25.3 Å². The number of carbonyl (C=O) groups excluding carboxylic acids is 1. The zero-order chi connectivity index (χ0) is 33.9. The van der Waals surface area contributed by atoms with E-state index >= 15 is 0 Å². The normalized spacial score (nSPS) is 15.3. The van der Waals surface area contributed by atoms with E-state index in [1.54, 1.807) is 41.3 Å². The van der Waals surface area contributed by atoms with Crippen molar-refractivity contribution < 1.29 is 23.1 Å². The number of aromatic nitrogens is 6. The van der Waals surface area contributed by atoms with Gasteiger partial charge in [-0.1, -0.05) is 6.07 Å². The fourth-order valence-electron chi connectivity index (χ4n) is 6.42. The molecule has 0 saturated carbocycles. The molecule has 6 aromatic rings. The zero-order valence-electron chi connectivity index (χ0n) is 26.3. The van der Waals surface area contributed by atoms with Crippen molar-refractivity contribution in [3.8, 4) is 22.4 Å². The van der Waals surface area contributed by atoms with Crippen LogP contribution in [0.3, 0.4) is 0 Å². The van der Waals surface area contributed by atoms with Crippen molar-refractivity contribution in [3.05, 3.63) is 127 Å². The van der Waals surface area contributed by atoms with Gasteiger partial charge in [0.25, 0.3) is 5.91 Å². The van der Waals surface area contributed by atoms with Gasteiger partial charge in [-0.3, -0.25) is 9.78 Å². The Labute approximate surface area is 279 Å². The summed E-state index contributed by atoms with van der Waals surface area (Å²) in [5.41, 5.74) is 4.67. The first kappa shape index (κ1) is 32.2. The summed E-state index contributed by atoms with van der Waals surface area (Å²) >= 11 is 0. The van der Waals surface area contributed by atoms with E-state index in [1.807, 2.05) is 18.2 Å². The molecule has 1 aliphatic rings. The van der Waals surface area contributed by atoms with E-state index in [9.17, 15) is 23.1 Å². The summed E-state index contributed by atoms with van der Waals surface area (Å²) in [5.74, 6) is -1.91. The van der Waals surface area contributed by atoms with Gasteiger partial charge in [0.1, 0.15) is 35.8 Å². The van der Waals surface area contributed by atoms with E-state index in [0.29, 0.717) is 43.7 Å². The van der Waals surface area contributed by atoms with E-state index in [0.717, 1.165) is 28.3 Å². The molecule has 250 valence electrons. The number of nitrogens with one attached hydrogen (secondary N) is 1. The van der Waals surface area contributed by atoms with Gasteiger partial charge in [-0.15, -0.1) is 0 Å². The fourth-order valence-corrected chi connectivity index (χ4v) is 6.42. The van der Waals surface area contributed by atoms with Crippen LogP contribution >= 0.6 is 0 Å². The number of hydrogen-bond donors (Lipinski definition) is 2. The molecule has 1 unspecified atom stereocenters. The van der Waals surface area contributed by atoms with Crippen molar-refractivity contribution in [1.29, 1.82) is 0 Å². The van der Waals surface area contributed by atoms with Gasteiger partial charge in [0.05, 0.1) is 23.2 Å². The highest BCUT2D eigenvalue weighted by Crippen LogP contribution is 2.35. The summed E-state index contributed by atoms with van der Waals surface area (Å²) < 4.78 is 44.8. The number of carbonyl (C=O) groups is 1. The van der Waals surface area contributed by atoms with Crippen LogP contribution in [0.2, 0.25) is 0 Å². The SMILES string of the molecule is O=C(NC1CCN(C[C@H](O)C(Cc2ccc(F)cc2F)n2cncn2)CC1)c1ccc2c(-c3ccncc3)c(-c3ccc(F)cc3)nn2c1. The summed E-state index contributed by atoms with van der Waals surface area (Å²) in [4.78, 5) is 23.6. The van der Waals surface area contributed by atoms with Gasteiger partial charge < -0.3 is 15.3 Å². The minimum absolute atomic E-state index is 0.0733. The van der Waals surface area contributed by atoms with Gasteiger partial charge in [0, 0.05) is 67.9 Å². The standard InChI is InChI=1S/C36H33F3N8O2/c37-27-5-1-24(2-6-27)35-34(23-9-13-40-14-10-23)31-8-4-26(19-46(31)44-35)36(49)43-29-11-15-45(16-12-29)20-33(48)32(47-22-41-21-42-47)17-25-3-7-28(38)18-30(25)39/h1-10,13-14,18-19,21-22,29,32-33,48H,11-12,15-17,20H2,(H,43,49)/t32?,33-/m0/s1. The smallest absolute Gasteiger partial charge is 0.253 e. The molecule has 0 aliphatic carbocycles. The number of β-amino-alcohol motifs (C(OH)–C–C–N with tert-alkyl or cyclic N) is 1. The molecule has 1 amide bonds. The van der Waals surface area contributed by atoms with Crippen LogP contribution in [0, 0.1) is 17.5 Å². The lowest BCUT2D eigenvalue weighted by atomic mass is 9.98. The van der Waals surface area contributed by atoms with Crippen molar-refractivity contribution in [2.45, 2.75) is 37.5 Å². The lowest BCUT2D eigenvalue weighted by Gasteiger charge is -2.35. The van der Waals surface area contributed by atoms with E-state index in [1.165, 1.54) is 41.6 Å². The minimum atomic E-state index is -0.907. The molecule has 7 rings (SSSR count). The molecular formula is C36H33F3N8O2. The van der Waals surface area contributed by atoms with E-state index in [-0.39, 0.29) is 29.8 Å². The van der Waals surface area contributed by atoms with Crippen LogP contribution in [0.15, 0.2) is 98.0 Å².